The number of hydrogen-bond acceptors (Lipinski definition) is 4. The molecule has 0 spiro atoms. The van der Waals surface area contributed by atoms with Crippen LogP contribution in [0, 0.1) is 11.8 Å². The van der Waals surface area contributed by atoms with Gasteiger partial charge in [0.2, 0.25) is 0 Å². The molecule has 0 bridgehead atoms. The molecule has 100 valence electrons. The average molecular weight is 261 g/mol. The number of rotatable bonds is 2. The molecule has 1 aromatic carbocycles. The first-order valence-electron chi connectivity index (χ1n) is 6.36. The lowest BCUT2D eigenvalue weighted by Crippen LogP contribution is -2.31. The summed E-state index contributed by atoms with van der Waals surface area (Å²) in [6, 6.07) is 9.53. The fourth-order valence-corrected chi connectivity index (χ4v) is 2.56. The first-order chi connectivity index (χ1) is 9.24. The Labute approximate surface area is 111 Å². The molecule has 2 saturated heterocycles. The third kappa shape index (κ3) is 2.41. The molecule has 2 unspecified atom stereocenters. The van der Waals surface area contributed by atoms with E-state index in [2.05, 4.69) is 0 Å². The Morgan fingerprint density at radius 3 is 2.84 bits per heavy atom. The lowest BCUT2D eigenvalue weighted by Gasteiger charge is -2.16. The van der Waals surface area contributed by atoms with Gasteiger partial charge in [-0.3, -0.25) is 4.79 Å². The van der Waals surface area contributed by atoms with Crippen LogP contribution in [0.1, 0.15) is 5.56 Å². The van der Waals surface area contributed by atoms with Gasteiger partial charge in [-0.15, -0.1) is 0 Å². The molecule has 2 aliphatic heterocycles. The number of likely N-dealkylation sites (tertiary alicyclic amines) is 1. The van der Waals surface area contributed by atoms with Gasteiger partial charge in [-0.2, -0.15) is 0 Å². The second kappa shape index (κ2) is 4.91. The van der Waals surface area contributed by atoms with Gasteiger partial charge in [0.25, 0.3) is 0 Å². The number of benzene rings is 1. The Bertz CT molecular complexity index is 487. The van der Waals surface area contributed by atoms with Crippen LogP contribution in [0.15, 0.2) is 30.3 Å². The molecule has 3 rings (SSSR count). The number of nitrogens with zero attached hydrogens (tertiary/aromatic N) is 1. The van der Waals surface area contributed by atoms with Crippen molar-refractivity contribution in [3.8, 4) is 0 Å². The van der Waals surface area contributed by atoms with Crippen LogP contribution < -0.4 is 0 Å². The highest BCUT2D eigenvalue weighted by atomic mass is 16.6. The van der Waals surface area contributed by atoms with E-state index in [-0.39, 0.29) is 30.5 Å². The van der Waals surface area contributed by atoms with Crippen LogP contribution in [0.3, 0.4) is 0 Å². The smallest absolute Gasteiger partial charge is 0.410 e. The molecule has 2 fully saturated rings. The number of cyclic esters (lactones) is 1. The maximum atomic E-state index is 11.9. The zero-order chi connectivity index (χ0) is 13.2. The summed E-state index contributed by atoms with van der Waals surface area (Å²) in [6.07, 6.45) is -0.356. The highest BCUT2D eigenvalue weighted by molar-refractivity contribution is 5.77. The number of fused-ring (bicyclic) bond motifs is 1. The molecule has 19 heavy (non-hydrogen) atoms. The lowest BCUT2D eigenvalue weighted by molar-refractivity contribution is -0.141. The van der Waals surface area contributed by atoms with Crippen molar-refractivity contribution in [2.24, 2.45) is 11.8 Å². The van der Waals surface area contributed by atoms with Gasteiger partial charge in [-0.25, -0.2) is 4.79 Å². The standard InChI is InChI=1S/C14H15NO4/c16-13-12-7-15(6-11(12)9-18-13)14(17)19-8-10-4-2-1-3-5-10/h1-5,11-12H,6-9H2. The van der Waals surface area contributed by atoms with Gasteiger partial charge in [0, 0.05) is 19.0 Å². The van der Waals surface area contributed by atoms with Crippen molar-refractivity contribution in [3.63, 3.8) is 0 Å². The van der Waals surface area contributed by atoms with Crippen molar-refractivity contribution < 1.29 is 19.1 Å². The average Bonchev–Trinajstić information content (AvgIpc) is 3.00. The van der Waals surface area contributed by atoms with Crippen LogP contribution in [0.4, 0.5) is 4.79 Å². The summed E-state index contributed by atoms with van der Waals surface area (Å²) in [6.45, 7) is 1.64. The summed E-state index contributed by atoms with van der Waals surface area (Å²) < 4.78 is 10.2. The van der Waals surface area contributed by atoms with Crippen LogP contribution in [0.25, 0.3) is 0 Å². The first kappa shape index (κ1) is 12.0. The lowest BCUT2D eigenvalue weighted by atomic mass is 10.0. The molecule has 5 nitrogen and oxygen atoms in total. The van der Waals surface area contributed by atoms with Crippen LogP contribution in [0.2, 0.25) is 0 Å². The molecule has 0 saturated carbocycles. The molecule has 0 aliphatic carbocycles. The largest absolute Gasteiger partial charge is 0.465 e. The number of carbonyl (C=O) groups excluding carboxylic acids is 2. The number of ether oxygens (including phenoxy) is 2. The van der Waals surface area contributed by atoms with E-state index < -0.39 is 0 Å². The Balaban J connectivity index is 1.53. The highest BCUT2D eigenvalue weighted by Gasteiger charge is 2.45. The van der Waals surface area contributed by atoms with E-state index in [0.29, 0.717) is 19.7 Å². The Kier molecular flexibility index (Phi) is 3.11. The zero-order valence-corrected chi connectivity index (χ0v) is 10.5. The maximum Gasteiger partial charge on any atom is 0.410 e. The molecule has 2 aliphatic rings. The van der Waals surface area contributed by atoms with Crippen LogP contribution in [0.5, 0.6) is 0 Å². The van der Waals surface area contributed by atoms with Crippen molar-refractivity contribution in [1.82, 2.24) is 4.90 Å². The van der Waals surface area contributed by atoms with E-state index in [1.165, 1.54) is 0 Å². The van der Waals surface area contributed by atoms with Crippen molar-refractivity contribution in [2.75, 3.05) is 19.7 Å². The summed E-state index contributed by atoms with van der Waals surface area (Å²) in [5.41, 5.74) is 0.953. The van der Waals surface area contributed by atoms with Crippen molar-refractivity contribution in [1.29, 1.82) is 0 Å². The number of esters is 1. The molecule has 2 heterocycles. The fraction of sp³-hybridized carbons (Fsp3) is 0.429. The Morgan fingerprint density at radius 1 is 1.32 bits per heavy atom. The molecule has 1 aromatic rings. The van der Waals surface area contributed by atoms with E-state index in [1.807, 2.05) is 30.3 Å². The molecule has 0 radical (unpaired) electrons. The second-order valence-corrected chi connectivity index (χ2v) is 4.94. The summed E-state index contributed by atoms with van der Waals surface area (Å²) in [5, 5.41) is 0. The molecule has 1 amide bonds. The monoisotopic (exact) mass is 261 g/mol. The van der Waals surface area contributed by atoms with E-state index in [1.54, 1.807) is 4.90 Å². The van der Waals surface area contributed by atoms with Gasteiger partial charge in [-0.1, -0.05) is 30.3 Å². The van der Waals surface area contributed by atoms with E-state index in [9.17, 15) is 9.59 Å². The van der Waals surface area contributed by atoms with Crippen LogP contribution in [-0.2, 0) is 20.9 Å². The van der Waals surface area contributed by atoms with E-state index in [0.717, 1.165) is 5.56 Å². The minimum absolute atomic E-state index is 0.136. The maximum absolute atomic E-state index is 11.9. The van der Waals surface area contributed by atoms with E-state index in [4.69, 9.17) is 9.47 Å². The summed E-state index contributed by atoms with van der Waals surface area (Å²) in [7, 11) is 0. The zero-order valence-electron chi connectivity index (χ0n) is 10.5. The van der Waals surface area contributed by atoms with E-state index >= 15 is 0 Å². The van der Waals surface area contributed by atoms with Crippen molar-refractivity contribution in [3.05, 3.63) is 35.9 Å². The quantitative estimate of drug-likeness (QED) is 0.756. The SMILES string of the molecule is O=C1OCC2CN(C(=O)OCc3ccccc3)CC12. The third-order valence-electron chi connectivity index (χ3n) is 3.65. The van der Waals surface area contributed by atoms with Gasteiger partial charge >= 0.3 is 12.1 Å². The second-order valence-electron chi connectivity index (χ2n) is 4.94. The minimum Gasteiger partial charge on any atom is -0.465 e. The first-order valence-corrected chi connectivity index (χ1v) is 6.36. The predicted molar refractivity (Wildman–Crippen MR) is 66.1 cm³/mol. The summed E-state index contributed by atoms with van der Waals surface area (Å²) in [4.78, 5) is 24.9. The molecular formula is C14H15NO4. The van der Waals surface area contributed by atoms with Crippen LogP contribution >= 0.6 is 0 Å². The molecule has 0 N–H and O–H groups in total. The predicted octanol–water partition coefficient (Wildman–Crippen LogP) is 1.43. The molecule has 5 heteroatoms. The molecule has 2 atom stereocenters. The van der Waals surface area contributed by atoms with Gasteiger partial charge in [0.1, 0.15) is 6.61 Å². The van der Waals surface area contributed by atoms with Gasteiger partial charge in [0.05, 0.1) is 12.5 Å². The minimum atomic E-state index is -0.356. The normalized spacial score (nSPS) is 25.1. The third-order valence-corrected chi connectivity index (χ3v) is 3.65. The summed E-state index contributed by atoms with van der Waals surface area (Å²) in [5.74, 6) is -0.218. The Hall–Kier alpha value is -2.04. The topological polar surface area (TPSA) is 55.8 Å². The van der Waals surface area contributed by atoms with Gasteiger partial charge in [-0.05, 0) is 5.56 Å². The molecular weight excluding hydrogens is 246 g/mol. The number of hydrogen-bond donors (Lipinski definition) is 0. The number of amides is 1. The van der Waals surface area contributed by atoms with Gasteiger partial charge < -0.3 is 14.4 Å². The number of carbonyl (C=O) groups is 2. The van der Waals surface area contributed by atoms with Gasteiger partial charge in [0.15, 0.2) is 0 Å². The summed E-state index contributed by atoms with van der Waals surface area (Å²) >= 11 is 0. The molecule has 0 aromatic heterocycles. The van der Waals surface area contributed by atoms with Crippen molar-refractivity contribution >= 4 is 12.1 Å². The fourth-order valence-electron chi connectivity index (χ4n) is 2.56. The van der Waals surface area contributed by atoms with Crippen LogP contribution in [-0.4, -0.2) is 36.7 Å². The Morgan fingerprint density at radius 2 is 2.11 bits per heavy atom. The highest BCUT2D eigenvalue weighted by Crippen LogP contribution is 2.30. The van der Waals surface area contributed by atoms with Crippen molar-refractivity contribution in [2.45, 2.75) is 6.61 Å².